The highest BCUT2D eigenvalue weighted by Crippen LogP contribution is 2.52. The van der Waals surface area contributed by atoms with Crippen molar-refractivity contribution in [1.82, 2.24) is 24.5 Å². The van der Waals surface area contributed by atoms with Crippen LogP contribution >= 0.6 is 0 Å². The van der Waals surface area contributed by atoms with Crippen LogP contribution < -0.4 is 92.9 Å². The minimum absolute atomic E-state index is 0.221. The molecule has 6 nitrogen and oxygen atoms in total. The van der Waals surface area contributed by atoms with Crippen molar-refractivity contribution in [3.8, 4) is 62.4 Å². The summed E-state index contributed by atoms with van der Waals surface area (Å²) in [5.74, 6) is 2.70. The van der Waals surface area contributed by atoms with Gasteiger partial charge in [-0.25, -0.2) is 9.97 Å². The van der Waals surface area contributed by atoms with Crippen molar-refractivity contribution in [2.45, 2.75) is 19.3 Å². The first-order valence-corrected chi connectivity index (χ1v) is 25.7. The average Bonchev–Trinajstić information content (AvgIpc) is 4.04. The molecule has 23 heteroatoms. The van der Waals surface area contributed by atoms with Crippen LogP contribution in [0.25, 0.3) is 95.3 Å². The van der Waals surface area contributed by atoms with Gasteiger partial charge in [0.05, 0.1) is 0 Å². The molecule has 72 heavy (non-hydrogen) atoms. The summed E-state index contributed by atoms with van der Waals surface area (Å²) in [6, 6.07) is 21.8. The van der Waals surface area contributed by atoms with E-state index in [1.807, 2.05) is 18.2 Å². The second-order valence-corrected chi connectivity index (χ2v) is 21.9. The van der Waals surface area contributed by atoms with Gasteiger partial charge in [-0.2, -0.15) is 9.97 Å². The Kier molecular flexibility index (Phi) is 11.2. The summed E-state index contributed by atoms with van der Waals surface area (Å²) in [7, 11) is 38.4. The molecule has 0 saturated heterocycles. The topological polar surface area (TPSA) is 69.6 Å². The number of rotatable bonds is 5. The SMILES string of the molecule is Bc1c(B)c(B)c(-c2nc(-c3c(B)c(B)c(B)c(B)c3B)nc(-n3c4c(B)c(B)c(B)c(B)c4c4c(B)c(-c5ccc6c(c5)-c5c(ccc7nc(-c8ccccc8)oc57)C6(C)C)c(B)c(B)c43)n2)c(B)c1B. The van der Waals surface area contributed by atoms with Crippen LogP contribution in [0.5, 0.6) is 0 Å². The van der Waals surface area contributed by atoms with Gasteiger partial charge in [-0.3, -0.25) is 4.57 Å². The van der Waals surface area contributed by atoms with Crippen LogP contribution in [0.4, 0.5) is 0 Å². The van der Waals surface area contributed by atoms with Crippen molar-refractivity contribution in [1.29, 1.82) is 0 Å². The molecule has 0 atom stereocenters. The Morgan fingerprint density at radius 1 is 0.403 bits per heavy atom. The highest BCUT2D eigenvalue weighted by Gasteiger charge is 2.38. The van der Waals surface area contributed by atoms with Crippen LogP contribution in [-0.2, 0) is 5.41 Å². The minimum Gasteiger partial charge on any atom is -0.435 e. The fraction of sp³-hybridized carbons (Fsp3) is 0.0612. The molecule has 3 heterocycles. The Bertz CT molecular complexity index is 3970. The van der Waals surface area contributed by atoms with Gasteiger partial charge in [0.15, 0.2) is 17.2 Å². The van der Waals surface area contributed by atoms with E-state index in [1.54, 1.807) is 0 Å². The molecule has 7 aromatic carbocycles. The third-order valence-electron chi connectivity index (χ3n) is 18.4. The molecule has 0 spiro atoms. The largest absolute Gasteiger partial charge is 0.435 e. The van der Waals surface area contributed by atoms with E-state index in [4.69, 9.17) is 24.4 Å². The summed E-state index contributed by atoms with van der Waals surface area (Å²) >= 11 is 0. The van der Waals surface area contributed by atoms with E-state index in [1.165, 1.54) is 131 Å². The molecule has 3 aromatic heterocycles. The van der Waals surface area contributed by atoms with Crippen molar-refractivity contribution in [2.75, 3.05) is 0 Å². The molecule has 10 aromatic rings. The standard InChI is InChI=1S/C49H50B17N5O/c1-49(2)16-9-8-14(12-15(16)20-17(49)10-11-18-44(20)72-47(67-18)13-6-4-3-5-7-13)19-25(50)21-22-27(52)32(57)39(64)41(66)43(22)71(42(21)40(65)26(19)51)48-69-45(23-28(53)33(58)37(62)34(59)29(23)54)68-46(70-48)24-30(55)35(60)38(63)36(61)31(24)56/h3-12H,50-66H2,1-2H3. The smallest absolute Gasteiger partial charge is 0.238 e. The number of fused-ring (bicyclic) bond motifs is 8. The van der Waals surface area contributed by atoms with Crippen LogP contribution in [0.3, 0.4) is 0 Å². The first kappa shape index (κ1) is 48.2. The fourth-order valence-corrected chi connectivity index (χ4v) is 12.8. The summed E-state index contributed by atoms with van der Waals surface area (Å²) in [6.07, 6.45) is 0. The molecule has 1 aliphatic carbocycles. The summed E-state index contributed by atoms with van der Waals surface area (Å²) in [6.45, 7) is 4.67. The van der Waals surface area contributed by atoms with Crippen LogP contribution in [-0.4, -0.2) is 158 Å². The lowest BCUT2D eigenvalue weighted by Gasteiger charge is -2.23. The Balaban J connectivity index is 1.23. The molecule has 0 amide bonds. The molecule has 0 unspecified atom stereocenters. The van der Waals surface area contributed by atoms with Crippen LogP contribution in [0.15, 0.2) is 65.1 Å². The van der Waals surface area contributed by atoms with E-state index in [2.05, 4.69) is 194 Å². The quantitative estimate of drug-likeness (QED) is 0.161. The average molecular weight is 909 g/mol. The molecule has 0 N–H and O–H groups in total. The Morgan fingerprint density at radius 3 is 1.42 bits per heavy atom. The van der Waals surface area contributed by atoms with Gasteiger partial charge in [0.2, 0.25) is 11.8 Å². The second kappa shape index (κ2) is 16.7. The van der Waals surface area contributed by atoms with Gasteiger partial charge in [0.25, 0.3) is 0 Å². The molecular weight excluding hydrogens is 858 g/mol. The van der Waals surface area contributed by atoms with E-state index in [-0.39, 0.29) is 5.41 Å². The van der Waals surface area contributed by atoms with Gasteiger partial charge >= 0.3 is 0 Å². The number of benzene rings is 7. The minimum atomic E-state index is -0.221. The molecule has 328 valence electrons. The van der Waals surface area contributed by atoms with Gasteiger partial charge in [0.1, 0.15) is 139 Å². The van der Waals surface area contributed by atoms with Gasteiger partial charge in [-0.05, 0) is 57.5 Å². The Morgan fingerprint density at radius 2 is 0.861 bits per heavy atom. The first-order valence-electron chi connectivity index (χ1n) is 25.7. The van der Waals surface area contributed by atoms with Crippen molar-refractivity contribution >= 4 is 259 Å². The number of nitrogens with zero attached hydrogens (tertiary/aromatic N) is 5. The van der Waals surface area contributed by atoms with E-state index >= 15 is 0 Å². The number of hydrogen-bond donors (Lipinski definition) is 0. The van der Waals surface area contributed by atoms with E-state index < -0.39 is 0 Å². The molecule has 0 bridgehead atoms. The number of hydrogen-bond acceptors (Lipinski definition) is 5. The Labute approximate surface area is 439 Å². The summed E-state index contributed by atoms with van der Waals surface area (Å²) in [5.41, 5.74) is 35.6. The van der Waals surface area contributed by atoms with E-state index in [0.717, 1.165) is 44.4 Å². The van der Waals surface area contributed by atoms with Crippen molar-refractivity contribution in [3.05, 3.63) is 71.8 Å². The monoisotopic (exact) mass is 912 g/mol. The number of oxazole rings is 1. The fourth-order valence-electron chi connectivity index (χ4n) is 12.8. The zero-order valence-corrected chi connectivity index (χ0v) is 45.9. The maximum atomic E-state index is 6.76. The molecule has 0 radical (unpaired) electrons. The van der Waals surface area contributed by atoms with Crippen molar-refractivity contribution in [3.63, 3.8) is 0 Å². The molecule has 0 saturated carbocycles. The third-order valence-corrected chi connectivity index (χ3v) is 18.4. The predicted octanol–water partition coefficient (Wildman–Crippen LogP) is -17.5. The van der Waals surface area contributed by atoms with Crippen molar-refractivity contribution < 1.29 is 4.42 Å². The maximum Gasteiger partial charge on any atom is 0.238 e. The first-order chi connectivity index (χ1) is 34.1. The lowest BCUT2D eigenvalue weighted by molar-refractivity contribution is 0.618. The molecule has 1 aliphatic rings. The zero-order valence-electron chi connectivity index (χ0n) is 45.9. The summed E-state index contributed by atoms with van der Waals surface area (Å²) in [4.78, 5) is 21.9. The lowest BCUT2D eigenvalue weighted by Crippen LogP contribution is -2.55. The lowest BCUT2D eigenvalue weighted by atomic mass is 9.60. The molecule has 0 fully saturated rings. The van der Waals surface area contributed by atoms with Crippen LogP contribution in [0.2, 0.25) is 0 Å². The van der Waals surface area contributed by atoms with E-state index in [9.17, 15) is 0 Å². The van der Waals surface area contributed by atoms with E-state index in [0.29, 0.717) is 23.5 Å². The van der Waals surface area contributed by atoms with Crippen LogP contribution in [0.1, 0.15) is 25.0 Å². The number of aromatic nitrogens is 5. The van der Waals surface area contributed by atoms with Gasteiger partial charge in [0, 0.05) is 44.1 Å². The van der Waals surface area contributed by atoms with Gasteiger partial charge in [-0.1, -0.05) is 105 Å². The second-order valence-electron chi connectivity index (χ2n) is 21.9. The third kappa shape index (κ3) is 6.59. The highest BCUT2D eigenvalue weighted by molar-refractivity contribution is 6.71. The van der Waals surface area contributed by atoms with Gasteiger partial charge in [-0.15, -0.1) is 38.2 Å². The Hall–Kier alpha value is -6.08. The summed E-state index contributed by atoms with van der Waals surface area (Å²) < 4.78 is 9.17. The zero-order chi connectivity index (χ0) is 51.5. The van der Waals surface area contributed by atoms with Crippen molar-refractivity contribution in [2.24, 2.45) is 0 Å². The predicted molar refractivity (Wildman–Crippen MR) is 360 cm³/mol. The molecular formula is C49H50B17N5O. The normalized spacial score (nSPS) is 12.8. The highest BCUT2D eigenvalue weighted by atomic mass is 16.3. The molecule has 0 aliphatic heterocycles. The van der Waals surface area contributed by atoms with Crippen LogP contribution in [0, 0.1) is 0 Å². The maximum absolute atomic E-state index is 6.76. The van der Waals surface area contributed by atoms with Gasteiger partial charge < -0.3 is 4.42 Å². The summed E-state index contributed by atoms with van der Waals surface area (Å²) in [5, 5.41) is 2.50. The molecule has 11 rings (SSSR count).